The van der Waals surface area contributed by atoms with Gasteiger partial charge in [-0.1, -0.05) is 121 Å². The van der Waals surface area contributed by atoms with Crippen LogP contribution in [0.1, 0.15) is 35.1 Å². The summed E-state index contributed by atoms with van der Waals surface area (Å²) in [5.41, 5.74) is 10.1. The molecule has 40 heavy (non-hydrogen) atoms. The third-order valence-corrected chi connectivity index (χ3v) is 6.00. The van der Waals surface area contributed by atoms with Gasteiger partial charge in [-0.15, -0.1) is 83.5 Å². The van der Waals surface area contributed by atoms with Crippen LogP contribution in [0.2, 0.25) is 0 Å². The van der Waals surface area contributed by atoms with Crippen LogP contribution in [0, 0.1) is 27.0 Å². The van der Waals surface area contributed by atoms with Crippen LogP contribution in [-0.4, -0.2) is 6.88 Å². The second-order valence-corrected chi connectivity index (χ2v) is 8.21. The first-order valence-corrected chi connectivity index (χ1v) is 18.0. The summed E-state index contributed by atoms with van der Waals surface area (Å²) in [5.74, 6) is 0. The SMILES string of the molecule is Cl.Cl.[C-]1=C(c2ccccc2)C(c2ccccc2)=CC1.[C-]1=C(c2ccccc2)C(c2ccccc2)=CC1.[CH3-].[CH3-].[SiH2]=[Zr]. The van der Waals surface area contributed by atoms with E-state index in [0.717, 1.165) is 12.8 Å². The molecule has 0 atom stereocenters. The zero-order chi connectivity index (χ0) is 25.0. The van der Waals surface area contributed by atoms with E-state index in [9.17, 15) is 0 Å². The molecular formula is C36H36Cl2SiZr-4. The molecule has 0 aliphatic heterocycles. The van der Waals surface area contributed by atoms with Crippen molar-refractivity contribution in [1.29, 1.82) is 0 Å². The Morgan fingerprint density at radius 2 is 0.675 bits per heavy atom. The third kappa shape index (κ3) is 9.86. The maximum atomic E-state index is 3.45. The number of rotatable bonds is 4. The fraction of sp³-hybridized carbons (Fsp3) is 0.0556. The zero-order valence-corrected chi connectivity index (χ0v) is 28.6. The summed E-state index contributed by atoms with van der Waals surface area (Å²) >= 11 is 1.58. The Balaban J connectivity index is 0.000000655. The molecule has 4 aromatic rings. The van der Waals surface area contributed by atoms with Crippen LogP contribution < -0.4 is 0 Å². The van der Waals surface area contributed by atoms with Gasteiger partial charge >= 0.3 is 30.2 Å². The molecular weight excluding hydrogens is 623 g/mol. The second-order valence-electron chi connectivity index (χ2n) is 8.21. The monoisotopic (exact) mass is 656 g/mol. The first-order valence-electron chi connectivity index (χ1n) is 12.1. The fourth-order valence-electron chi connectivity index (χ4n) is 4.39. The Hall–Kier alpha value is -2.48. The van der Waals surface area contributed by atoms with Gasteiger partial charge in [0.25, 0.3) is 0 Å². The minimum absolute atomic E-state index is 0. The third-order valence-electron chi connectivity index (χ3n) is 6.00. The molecule has 0 fully saturated rings. The molecule has 2 aliphatic rings. The fourth-order valence-corrected chi connectivity index (χ4v) is 4.39. The molecule has 4 aromatic carbocycles. The molecule has 4 heteroatoms. The van der Waals surface area contributed by atoms with Crippen LogP contribution in [0.15, 0.2) is 133 Å². The van der Waals surface area contributed by atoms with E-state index in [1.165, 1.54) is 44.5 Å². The average Bonchev–Trinajstić information content (AvgIpc) is 3.67. The molecule has 0 heterocycles. The van der Waals surface area contributed by atoms with E-state index in [2.05, 4.69) is 133 Å². The van der Waals surface area contributed by atoms with Crippen LogP contribution in [0.4, 0.5) is 0 Å². The molecule has 0 bridgehead atoms. The van der Waals surface area contributed by atoms with E-state index >= 15 is 0 Å². The molecule has 0 aromatic heterocycles. The molecule has 0 saturated heterocycles. The Morgan fingerprint density at radius 1 is 0.425 bits per heavy atom. The predicted molar refractivity (Wildman–Crippen MR) is 180 cm³/mol. The van der Waals surface area contributed by atoms with E-state index in [-0.39, 0.29) is 39.7 Å². The standard InChI is InChI=1S/2C17H13.2CH3.2ClH.H2Si.Zr/c2*1-3-8-14(9-4-1)16-12-7-13-17(16)15-10-5-2-6-11-15;;;;;;/h2*1-6,8-12H,7H2;2*1H3;2*1H;1H2;/q4*-1;;;;. The van der Waals surface area contributed by atoms with Gasteiger partial charge in [0.2, 0.25) is 0 Å². The predicted octanol–water partition coefficient (Wildman–Crippen LogP) is 9.55. The molecule has 0 nitrogen and oxygen atoms in total. The van der Waals surface area contributed by atoms with Gasteiger partial charge in [0.1, 0.15) is 0 Å². The first-order chi connectivity index (χ1) is 17.9. The van der Waals surface area contributed by atoms with Crippen molar-refractivity contribution >= 4 is 54.0 Å². The van der Waals surface area contributed by atoms with E-state index in [1.807, 2.05) is 19.0 Å². The van der Waals surface area contributed by atoms with E-state index in [0.29, 0.717) is 0 Å². The van der Waals surface area contributed by atoms with Gasteiger partial charge in [-0.05, 0) is 0 Å². The number of allylic oxidation sites excluding steroid dienone is 8. The number of halogens is 2. The van der Waals surface area contributed by atoms with Crippen LogP contribution >= 0.6 is 24.8 Å². The second kappa shape index (κ2) is 20.4. The van der Waals surface area contributed by atoms with Gasteiger partial charge < -0.3 is 14.9 Å². The van der Waals surface area contributed by atoms with Crippen LogP contribution in [0.3, 0.4) is 0 Å². The summed E-state index contributed by atoms with van der Waals surface area (Å²) in [4.78, 5) is 0. The van der Waals surface area contributed by atoms with Crippen molar-refractivity contribution in [1.82, 2.24) is 0 Å². The summed E-state index contributed by atoms with van der Waals surface area (Å²) < 4.78 is 0. The topological polar surface area (TPSA) is 0 Å². The zero-order valence-electron chi connectivity index (χ0n) is 23.1. The maximum absolute atomic E-state index is 3.45. The van der Waals surface area contributed by atoms with Crippen molar-refractivity contribution in [3.05, 3.63) is 183 Å². The summed E-state index contributed by atoms with van der Waals surface area (Å²) in [7, 11) is 0. The summed E-state index contributed by atoms with van der Waals surface area (Å²) in [6, 6.07) is 42.0. The van der Waals surface area contributed by atoms with Gasteiger partial charge in [0, 0.05) is 0 Å². The first kappa shape index (κ1) is 37.5. The number of hydrogen-bond acceptors (Lipinski definition) is 0. The molecule has 0 saturated carbocycles. The molecule has 2 aliphatic carbocycles. The Bertz CT molecular complexity index is 1160. The molecule has 206 valence electrons. The van der Waals surface area contributed by atoms with Gasteiger partial charge in [-0.3, -0.25) is 0 Å². The summed E-state index contributed by atoms with van der Waals surface area (Å²) in [6.45, 7) is 1.95. The molecule has 0 unspecified atom stereocenters. The minimum atomic E-state index is 0. The Kier molecular flexibility index (Phi) is 19.1. The van der Waals surface area contributed by atoms with Crippen LogP contribution in [0.25, 0.3) is 22.3 Å². The van der Waals surface area contributed by atoms with Gasteiger partial charge in [0.05, 0.1) is 0 Å². The van der Waals surface area contributed by atoms with Gasteiger partial charge in [0.15, 0.2) is 0 Å². The normalized spacial score (nSPS) is 12.3. The van der Waals surface area contributed by atoms with Crippen LogP contribution in [0.5, 0.6) is 0 Å². The van der Waals surface area contributed by atoms with Crippen LogP contribution in [-0.2, 0) is 23.3 Å². The van der Waals surface area contributed by atoms with Crippen molar-refractivity contribution in [2.45, 2.75) is 12.8 Å². The quantitative estimate of drug-likeness (QED) is 0.151. The van der Waals surface area contributed by atoms with Crippen molar-refractivity contribution in [2.75, 3.05) is 0 Å². The molecule has 0 N–H and O–H groups in total. The molecule has 6 rings (SSSR count). The van der Waals surface area contributed by atoms with E-state index in [4.69, 9.17) is 0 Å². The number of benzene rings is 4. The van der Waals surface area contributed by atoms with Crippen molar-refractivity contribution in [3.8, 4) is 0 Å². The van der Waals surface area contributed by atoms with E-state index < -0.39 is 0 Å². The molecule has 0 amide bonds. The Labute approximate surface area is 271 Å². The molecule has 0 spiro atoms. The van der Waals surface area contributed by atoms with E-state index in [1.54, 1.807) is 23.3 Å². The summed E-state index contributed by atoms with van der Waals surface area (Å²) in [5, 5.41) is 0. The van der Waals surface area contributed by atoms with Crippen molar-refractivity contribution < 1.29 is 23.3 Å². The van der Waals surface area contributed by atoms with Crippen molar-refractivity contribution in [3.63, 3.8) is 0 Å². The van der Waals surface area contributed by atoms with Gasteiger partial charge in [-0.2, -0.15) is 23.3 Å². The number of hydrogen-bond donors (Lipinski definition) is 0. The molecule has 0 radical (unpaired) electrons. The average molecular weight is 659 g/mol. The van der Waals surface area contributed by atoms with Crippen molar-refractivity contribution in [2.24, 2.45) is 0 Å². The van der Waals surface area contributed by atoms with Gasteiger partial charge in [-0.25, -0.2) is 0 Å². The Morgan fingerprint density at radius 3 is 0.950 bits per heavy atom. The summed E-state index contributed by atoms with van der Waals surface area (Å²) in [6.07, 6.45) is 13.2.